The zero-order valence-electron chi connectivity index (χ0n) is 15.0. The van der Waals surface area contributed by atoms with E-state index in [0.717, 1.165) is 0 Å². The number of aryl methyl sites for hydroxylation is 1. The normalized spacial score (nSPS) is 10.9. The number of carbonyl (C=O) groups is 2. The second-order valence-corrected chi connectivity index (χ2v) is 5.97. The third-order valence-electron chi connectivity index (χ3n) is 3.94. The summed E-state index contributed by atoms with van der Waals surface area (Å²) in [5.74, 6) is -0.658. The number of hydrogen-bond acceptors (Lipinski definition) is 4. The molecule has 7 nitrogen and oxygen atoms in total. The maximum absolute atomic E-state index is 12.9. The van der Waals surface area contributed by atoms with Gasteiger partial charge >= 0.3 is 12.5 Å². The van der Waals surface area contributed by atoms with Crippen molar-refractivity contribution in [3.05, 3.63) is 41.2 Å². The number of amides is 1. The summed E-state index contributed by atoms with van der Waals surface area (Å²) in [7, 11) is 0. The Kier molecular flexibility index (Phi) is 6.86. The van der Waals surface area contributed by atoms with Crippen molar-refractivity contribution < 1.29 is 28.2 Å². The third kappa shape index (κ3) is 5.77. The molecule has 9 heteroatoms. The maximum atomic E-state index is 12.9. The van der Waals surface area contributed by atoms with Crippen molar-refractivity contribution in [3.63, 3.8) is 0 Å². The van der Waals surface area contributed by atoms with Gasteiger partial charge in [0.1, 0.15) is 5.75 Å². The molecule has 1 amide bonds. The quantitative estimate of drug-likeness (QED) is 0.650. The second-order valence-electron chi connectivity index (χ2n) is 5.97. The Balaban J connectivity index is 1.90. The summed E-state index contributed by atoms with van der Waals surface area (Å²) < 4.78 is 31.7. The first-order valence-corrected chi connectivity index (χ1v) is 8.35. The molecule has 2 rings (SSSR count). The smallest absolute Gasteiger partial charge is 0.333 e. The lowest BCUT2D eigenvalue weighted by Gasteiger charge is -2.08. The molecule has 2 aromatic rings. The fraction of sp³-hybridized carbons (Fsp3) is 0.389. The second kappa shape index (κ2) is 9.11. The van der Waals surface area contributed by atoms with E-state index < -0.39 is 12.5 Å². The van der Waals surface area contributed by atoms with E-state index in [9.17, 15) is 18.4 Å². The molecule has 1 aromatic heterocycles. The van der Waals surface area contributed by atoms with Crippen molar-refractivity contribution >= 4 is 17.6 Å². The van der Waals surface area contributed by atoms with Gasteiger partial charge in [0.15, 0.2) is 0 Å². The lowest BCUT2D eigenvalue weighted by molar-refractivity contribution is -0.137. The van der Waals surface area contributed by atoms with Crippen LogP contribution in [0.3, 0.4) is 0 Å². The number of nitrogens with zero attached hydrogens (tertiary/aromatic N) is 2. The van der Waals surface area contributed by atoms with Gasteiger partial charge in [-0.15, -0.1) is 0 Å². The lowest BCUT2D eigenvalue weighted by atomic mass is 10.1. The molecular formula is C18H21F2N3O4. The molecule has 1 aromatic carbocycles. The predicted molar refractivity (Wildman–Crippen MR) is 94.1 cm³/mol. The Hall–Kier alpha value is -2.97. The van der Waals surface area contributed by atoms with Crippen LogP contribution in [0.4, 0.5) is 14.5 Å². The van der Waals surface area contributed by atoms with E-state index in [4.69, 9.17) is 9.84 Å². The zero-order valence-corrected chi connectivity index (χ0v) is 15.0. The number of benzene rings is 1. The molecule has 1 heterocycles. The van der Waals surface area contributed by atoms with Crippen LogP contribution in [0.5, 0.6) is 5.75 Å². The van der Waals surface area contributed by atoms with Gasteiger partial charge in [-0.25, -0.2) is 4.68 Å². The van der Waals surface area contributed by atoms with Crippen LogP contribution in [0.25, 0.3) is 0 Å². The number of hydrogen-bond donors (Lipinski definition) is 2. The van der Waals surface area contributed by atoms with Crippen LogP contribution in [0.2, 0.25) is 0 Å². The molecule has 2 N–H and O–H groups in total. The summed E-state index contributed by atoms with van der Waals surface area (Å²) in [6.45, 7) is 0.629. The summed E-state index contributed by atoms with van der Waals surface area (Å²) in [4.78, 5) is 22.6. The van der Waals surface area contributed by atoms with Crippen LogP contribution in [0, 0.1) is 13.8 Å². The molecule has 0 fully saturated rings. The summed E-state index contributed by atoms with van der Waals surface area (Å²) in [5, 5.41) is 15.0. The highest BCUT2D eigenvalue weighted by Gasteiger charge is 2.19. The molecule has 0 bridgehead atoms. The van der Waals surface area contributed by atoms with Gasteiger partial charge in [-0.1, -0.05) is 0 Å². The molecule has 0 aliphatic heterocycles. The molecule has 0 radical (unpaired) electrons. The van der Waals surface area contributed by atoms with E-state index in [2.05, 4.69) is 10.4 Å². The number of ether oxygens (including phenoxy) is 1. The van der Waals surface area contributed by atoms with Crippen molar-refractivity contribution in [2.24, 2.45) is 0 Å². The number of carboxylic acid groups (broad SMARTS) is 1. The molecular weight excluding hydrogens is 360 g/mol. The van der Waals surface area contributed by atoms with E-state index in [1.807, 2.05) is 0 Å². The van der Waals surface area contributed by atoms with Crippen LogP contribution in [-0.4, -0.2) is 33.4 Å². The molecule has 0 aliphatic carbocycles. The predicted octanol–water partition coefficient (Wildman–Crippen LogP) is 3.32. The van der Waals surface area contributed by atoms with Crippen molar-refractivity contribution in [1.29, 1.82) is 0 Å². The van der Waals surface area contributed by atoms with E-state index in [1.165, 1.54) is 6.92 Å². The fourth-order valence-corrected chi connectivity index (χ4v) is 2.56. The Morgan fingerprint density at radius 2 is 1.93 bits per heavy atom. The molecule has 0 unspecified atom stereocenters. The number of carbonyl (C=O) groups excluding carboxylic acids is 1. The number of carboxylic acids is 1. The molecule has 0 atom stereocenters. The Bertz CT molecular complexity index is 804. The summed E-state index contributed by atoms with van der Waals surface area (Å²) in [6, 6.07) is 6.60. The Labute approximate surface area is 154 Å². The highest BCUT2D eigenvalue weighted by Crippen LogP contribution is 2.21. The highest BCUT2D eigenvalue weighted by atomic mass is 19.3. The van der Waals surface area contributed by atoms with Gasteiger partial charge < -0.3 is 15.2 Å². The minimum Gasteiger partial charge on any atom is -0.494 e. The first-order valence-electron chi connectivity index (χ1n) is 8.35. The summed E-state index contributed by atoms with van der Waals surface area (Å²) >= 11 is 0. The van der Waals surface area contributed by atoms with Crippen molar-refractivity contribution in [3.8, 4) is 5.75 Å². The van der Waals surface area contributed by atoms with Crippen LogP contribution in [-0.2, 0) is 16.0 Å². The molecule has 0 aliphatic rings. The van der Waals surface area contributed by atoms with Crippen molar-refractivity contribution in [2.45, 2.75) is 39.7 Å². The molecule has 0 spiro atoms. The number of aromatic nitrogens is 2. The van der Waals surface area contributed by atoms with Crippen LogP contribution >= 0.6 is 0 Å². The topological polar surface area (TPSA) is 93.5 Å². The first kappa shape index (κ1) is 20.3. The summed E-state index contributed by atoms with van der Waals surface area (Å²) in [6.07, 6.45) is 0.381. The molecule has 0 saturated carbocycles. The highest BCUT2D eigenvalue weighted by molar-refractivity contribution is 5.92. The minimum atomic E-state index is -2.75. The fourth-order valence-electron chi connectivity index (χ4n) is 2.56. The van der Waals surface area contributed by atoms with Gasteiger partial charge in [0, 0.05) is 23.4 Å². The van der Waals surface area contributed by atoms with E-state index >= 15 is 0 Å². The van der Waals surface area contributed by atoms with Gasteiger partial charge in [-0.3, -0.25) is 9.59 Å². The van der Waals surface area contributed by atoms with Gasteiger partial charge in [-0.2, -0.15) is 13.9 Å². The molecule has 146 valence electrons. The van der Waals surface area contributed by atoms with Gasteiger partial charge in [0.2, 0.25) is 5.91 Å². The number of alkyl halides is 2. The number of rotatable bonds is 9. The van der Waals surface area contributed by atoms with Gasteiger partial charge in [0.25, 0.3) is 0 Å². The minimum absolute atomic E-state index is 0.0368. The molecule has 27 heavy (non-hydrogen) atoms. The lowest BCUT2D eigenvalue weighted by Crippen LogP contribution is -2.15. The number of halogens is 2. The maximum Gasteiger partial charge on any atom is 0.333 e. The third-order valence-corrected chi connectivity index (χ3v) is 3.94. The number of anilines is 1. The standard InChI is InChI=1S/C18H21F2N3O4/c1-11-15(12(2)23(22-11)18(19)20)10-16(24)21-13-5-7-14(8-6-13)27-9-3-4-17(25)26/h5-8,18H,3-4,9-10H2,1-2H3,(H,21,24)(H,25,26). The molecule has 0 saturated heterocycles. The van der Waals surface area contributed by atoms with Gasteiger partial charge in [-0.05, 0) is 44.5 Å². The van der Waals surface area contributed by atoms with E-state index in [1.54, 1.807) is 31.2 Å². The average molecular weight is 381 g/mol. The Morgan fingerprint density at radius 1 is 1.26 bits per heavy atom. The number of aliphatic carboxylic acids is 1. The van der Waals surface area contributed by atoms with Crippen LogP contribution < -0.4 is 10.1 Å². The summed E-state index contributed by atoms with van der Waals surface area (Å²) in [5.41, 5.74) is 1.68. The van der Waals surface area contributed by atoms with Crippen LogP contribution in [0.1, 0.15) is 36.3 Å². The average Bonchev–Trinajstić information content (AvgIpc) is 2.88. The SMILES string of the molecule is Cc1nn(C(F)F)c(C)c1CC(=O)Nc1ccc(OCCCC(=O)O)cc1. The van der Waals surface area contributed by atoms with Gasteiger partial charge in [0.05, 0.1) is 18.7 Å². The Morgan fingerprint density at radius 3 is 2.48 bits per heavy atom. The van der Waals surface area contributed by atoms with Crippen molar-refractivity contribution in [2.75, 3.05) is 11.9 Å². The van der Waals surface area contributed by atoms with E-state index in [0.29, 0.717) is 33.8 Å². The van der Waals surface area contributed by atoms with Crippen LogP contribution in [0.15, 0.2) is 24.3 Å². The largest absolute Gasteiger partial charge is 0.494 e. The van der Waals surface area contributed by atoms with E-state index in [-0.39, 0.29) is 31.0 Å². The zero-order chi connectivity index (χ0) is 20.0. The monoisotopic (exact) mass is 381 g/mol. The number of nitrogens with one attached hydrogen (secondary N) is 1. The first-order chi connectivity index (χ1) is 12.8. The van der Waals surface area contributed by atoms with Crippen molar-refractivity contribution in [1.82, 2.24) is 9.78 Å².